The number of carbonyl (C=O) groups is 7. The summed E-state index contributed by atoms with van der Waals surface area (Å²) in [4.78, 5) is 100. The highest BCUT2D eigenvalue weighted by molar-refractivity contribution is 6.07. The molecule has 3 fully saturated rings. The molecule has 0 radical (unpaired) electrons. The molecule has 21 nitrogen and oxygen atoms in total. The second-order valence-corrected chi connectivity index (χ2v) is 17.4. The van der Waals surface area contributed by atoms with Gasteiger partial charge in [-0.1, -0.05) is 6.42 Å². The van der Waals surface area contributed by atoms with Crippen molar-refractivity contribution >= 4 is 52.4 Å². The molecular formula is C44H60F2N10O11. The van der Waals surface area contributed by atoms with Crippen molar-refractivity contribution in [1.29, 1.82) is 5.26 Å². The van der Waals surface area contributed by atoms with Crippen molar-refractivity contribution in [2.75, 3.05) is 112 Å². The maximum absolute atomic E-state index is 13.8. The molecule has 3 aliphatic heterocycles. The lowest BCUT2D eigenvalue weighted by atomic mass is 9.88. The molecule has 4 heterocycles. The Balaban J connectivity index is 0.988. The Labute approximate surface area is 386 Å². The number of rotatable bonds is 23. The number of carboxylic acid groups (broad SMARTS) is 3. The lowest BCUT2D eigenvalue weighted by molar-refractivity contribution is -0.142. The number of hydrogen-bond acceptors (Lipinski definition) is 14. The van der Waals surface area contributed by atoms with E-state index in [-0.39, 0.29) is 63.1 Å². The number of aromatic nitrogens is 1. The summed E-state index contributed by atoms with van der Waals surface area (Å²) in [6.07, 6.45) is 3.61. The van der Waals surface area contributed by atoms with Gasteiger partial charge >= 0.3 is 17.9 Å². The molecule has 5 rings (SSSR count). The third-order valence-corrected chi connectivity index (χ3v) is 12.3. The van der Waals surface area contributed by atoms with E-state index in [2.05, 4.69) is 15.6 Å². The lowest BCUT2D eigenvalue weighted by Crippen LogP contribution is -2.59. The van der Waals surface area contributed by atoms with Gasteiger partial charge in [-0.3, -0.25) is 58.1 Å². The number of nitrogens with one attached hydrogen (secondary N) is 2. The van der Waals surface area contributed by atoms with E-state index < -0.39 is 66.7 Å². The number of benzene rings is 1. The van der Waals surface area contributed by atoms with Crippen molar-refractivity contribution in [3.8, 4) is 11.8 Å². The topological polar surface area (TPSA) is 270 Å². The molecule has 0 saturated carbocycles. The van der Waals surface area contributed by atoms with E-state index >= 15 is 0 Å². The Bertz CT molecular complexity index is 2130. The first-order chi connectivity index (χ1) is 31.9. The second-order valence-electron chi connectivity index (χ2n) is 17.4. The van der Waals surface area contributed by atoms with E-state index in [0.717, 1.165) is 4.90 Å². The van der Waals surface area contributed by atoms with Crippen LogP contribution < -0.4 is 15.4 Å². The number of nitrogens with zero attached hydrogens (tertiary/aromatic N) is 8. The van der Waals surface area contributed by atoms with Gasteiger partial charge in [0.15, 0.2) is 0 Å². The van der Waals surface area contributed by atoms with Crippen LogP contribution in [0.15, 0.2) is 30.5 Å². The number of piperazine rings is 1. The highest BCUT2D eigenvalue weighted by atomic mass is 19.3. The number of pyridine rings is 1. The number of fused-ring (bicyclic) bond motifs is 1. The molecule has 1 aromatic heterocycles. The first kappa shape index (κ1) is 51.9. The Hall–Kier alpha value is -6.09. The second kappa shape index (κ2) is 24.1. The highest BCUT2D eigenvalue weighted by Gasteiger charge is 2.47. The zero-order chi connectivity index (χ0) is 48.7. The molecule has 4 amide bonds. The maximum atomic E-state index is 13.8. The molecule has 67 heavy (non-hydrogen) atoms. The summed E-state index contributed by atoms with van der Waals surface area (Å²) in [5.41, 5.74) is -0.179. The molecule has 2 aromatic rings. The van der Waals surface area contributed by atoms with Gasteiger partial charge in [-0.05, 0) is 57.0 Å². The summed E-state index contributed by atoms with van der Waals surface area (Å²) in [6.45, 7) is 1.59. The van der Waals surface area contributed by atoms with E-state index in [1.165, 1.54) is 12.3 Å². The minimum absolute atomic E-state index is 0.0396. The number of likely N-dealkylation sites (N-methyl/N-ethyl adjacent to an activating group) is 1. The molecule has 23 heteroatoms. The van der Waals surface area contributed by atoms with Crippen LogP contribution in [0.3, 0.4) is 0 Å². The molecule has 1 atom stereocenters. The van der Waals surface area contributed by atoms with Crippen LogP contribution >= 0.6 is 0 Å². The third kappa shape index (κ3) is 15.5. The van der Waals surface area contributed by atoms with Gasteiger partial charge in [0.2, 0.25) is 17.7 Å². The van der Waals surface area contributed by atoms with Gasteiger partial charge in [0.1, 0.15) is 11.8 Å². The number of aliphatic carboxylic acids is 3. The SMILES string of the molecule is CN(CC(=O)O)C1(CCCCC(=O)N2CCN(CC(=O)NCCCCOc3ccc4nccc(C(=O)NCC(=O)N5CC(F)(F)C[C@H]5C#N)c4c3)CC2)CN(CC(=O)O)CCN(CC(=O)O)C1. The number of ether oxygens (including phenoxy) is 1. The van der Waals surface area contributed by atoms with Crippen molar-refractivity contribution in [2.45, 2.75) is 62.4 Å². The summed E-state index contributed by atoms with van der Waals surface area (Å²) >= 11 is 0. The van der Waals surface area contributed by atoms with E-state index in [0.29, 0.717) is 101 Å². The van der Waals surface area contributed by atoms with E-state index in [4.69, 9.17) is 4.74 Å². The van der Waals surface area contributed by atoms with Crippen LogP contribution in [0.4, 0.5) is 8.78 Å². The molecule has 0 bridgehead atoms. The number of unbranched alkanes of at least 4 members (excludes halogenated alkanes) is 2. The van der Waals surface area contributed by atoms with Crippen molar-refractivity contribution in [3.63, 3.8) is 0 Å². The minimum atomic E-state index is -3.17. The highest BCUT2D eigenvalue weighted by Crippen LogP contribution is 2.32. The predicted molar refractivity (Wildman–Crippen MR) is 235 cm³/mol. The molecule has 3 saturated heterocycles. The smallest absolute Gasteiger partial charge is 0.317 e. The monoisotopic (exact) mass is 942 g/mol. The minimum Gasteiger partial charge on any atom is -0.494 e. The summed E-state index contributed by atoms with van der Waals surface area (Å²) in [6, 6.07) is 6.91. The number of carbonyl (C=O) groups excluding carboxylic acids is 4. The molecule has 0 unspecified atom stereocenters. The zero-order valence-electron chi connectivity index (χ0n) is 37.7. The van der Waals surface area contributed by atoms with Gasteiger partial charge in [-0.2, -0.15) is 5.26 Å². The van der Waals surface area contributed by atoms with Gasteiger partial charge in [0, 0.05) is 88.9 Å². The number of hydrogen-bond donors (Lipinski definition) is 5. The van der Waals surface area contributed by atoms with Gasteiger partial charge in [-0.15, -0.1) is 0 Å². The average Bonchev–Trinajstić information content (AvgIpc) is 3.49. The number of alkyl halides is 2. The average molecular weight is 943 g/mol. The number of amides is 4. The van der Waals surface area contributed by atoms with E-state index in [9.17, 15) is 62.9 Å². The largest absolute Gasteiger partial charge is 0.494 e. The Kier molecular flexibility index (Phi) is 18.7. The van der Waals surface area contributed by atoms with Gasteiger partial charge in [0.05, 0.1) is 63.0 Å². The van der Waals surface area contributed by atoms with Crippen LogP contribution in [0.1, 0.15) is 55.3 Å². The Morgan fingerprint density at radius 1 is 0.836 bits per heavy atom. The quantitative estimate of drug-likeness (QED) is 0.0935. The fourth-order valence-corrected chi connectivity index (χ4v) is 8.84. The number of likely N-dealkylation sites (tertiary alicyclic amines) is 1. The van der Waals surface area contributed by atoms with Crippen LogP contribution in [-0.4, -0.2) is 221 Å². The number of halogens is 2. The summed E-state index contributed by atoms with van der Waals surface area (Å²) < 4.78 is 33.5. The van der Waals surface area contributed by atoms with Crippen LogP contribution in [0.2, 0.25) is 0 Å². The lowest BCUT2D eigenvalue weighted by Gasteiger charge is -2.44. The molecule has 3 aliphatic rings. The zero-order valence-corrected chi connectivity index (χ0v) is 37.7. The van der Waals surface area contributed by atoms with Crippen molar-refractivity contribution in [2.24, 2.45) is 0 Å². The first-order valence-corrected chi connectivity index (χ1v) is 22.3. The molecule has 0 spiro atoms. The number of nitriles is 1. The van der Waals surface area contributed by atoms with Crippen molar-refractivity contribution in [1.82, 2.24) is 45.0 Å². The van der Waals surface area contributed by atoms with Crippen LogP contribution in [0, 0.1) is 11.3 Å². The summed E-state index contributed by atoms with van der Waals surface area (Å²) in [7, 11) is 1.65. The molecular weight excluding hydrogens is 883 g/mol. The van der Waals surface area contributed by atoms with Crippen LogP contribution in [0.25, 0.3) is 10.9 Å². The van der Waals surface area contributed by atoms with E-state index in [1.807, 2.05) is 4.90 Å². The molecule has 1 aromatic carbocycles. The van der Waals surface area contributed by atoms with Gasteiger partial charge in [0.25, 0.3) is 11.8 Å². The standard InChI is InChI=1S/C44H60F2N10O11/c1-51(25-39(60)61)43(28-53(26-40(62)63)13-14-54(29-43)27-41(64)65)10-3-2-6-37(58)55-17-15-52(16-18-55)24-36(57)49-11-4-5-19-67-32-7-8-35-34(20-32)33(9-12-48-35)42(66)50-23-38(59)56-30-44(45,46)21-31(56)22-47/h7-9,12,20,31H,2-6,10-11,13-19,21,23-30H2,1H3,(H,49,57)(H,50,66)(H,60,61)(H,62,63)(H,64,65)/t31-/m0/s1. The molecule has 5 N–H and O–H groups in total. The predicted octanol–water partition coefficient (Wildman–Crippen LogP) is 0.246. The summed E-state index contributed by atoms with van der Waals surface area (Å²) in [5, 5.41) is 43.6. The Morgan fingerprint density at radius 2 is 1.51 bits per heavy atom. The molecule has 0 aliphatic carbocycles. The van der Waals surface area contributed by atoms with Gasteiger partial charge < -0.3 is 40.5 Å². The first-order valence-electron chi connectivity index (χ1n) is 22.3. The normalized spacial score (nSPS) is 18.8. The van der Waals surface area contributed by atoms with E-state index in [1.54, 1.807) is 50.9 Å². The molecule has 366 valence electrons. The third-order valence-electron chi connectivity index (χ3n) is 12.3. The number of carboxylic acids is 3. The summed E-state index contributed by atoms with van der Waals surface area (Å²) in [5.74, 6) is -7.46. The van der Waals surface area contributed by atoms with Crippen LogP contribution in [0.5, 0.6) is 5.75 Å². The fourth-order valence-electron chi connectivity index (χ4n) is 8.84. The van der Waals surface area contributed by atoms with Crippen LogP contribution in [-0.2, 0) is 28.8 Å². The fraction of sp³-hybridized carbons (Fsp3) is 0.614. The van der Waals surface area contributed by atoms with Gasteiger partial charge in [-0.25, -0.2) is 8.78 Å². The van der Waals surface area contributed by atoms with Crippen molar-refractivity contribution in [3.05, 3.63) is 36.0 Å². The Morgan fingerprint density at radius 3 is 2.15 bits per heavy atom. The maximum Gasteiger partial charge on any atom is 0.317 e. The van der Waals surface area contributed by atoms with Crippen molar-refractivity contribution < 1.29 is 62.4 Å².